The lowest BCUT2D eigenvalue weighted by atomic mass is 10.1. The number of rotatable bonds is 5. The number of anilines is 1. The van der Waals surface area contributed by atoms with Gasteiger partial charge in [-0.1, -0.05) is 18.2 Å². The third-order valence-corrected chi connectivity index (χ3v) is 3.11. The molecule has 2 aromatic carbocycles. The summed E-state index contributed by atoms with van der Waals surface area (Å²) in [6, 6.07) is 11.1. The average molecular weight is 338 g/mol. The highest BCUT2D eigenvalue weighted by molar-refractivity contribution is 5.89. The van der Waals surface area contributed by atoms with Crippen molar-refractivity contribution in [3.05, 3.63) is 59.7 Å². The molecule has 0 aliphatic carbocycles. The molecule has 128 valence electrons. The molecule has 0 aliphatic heterocycles. The molecule has 0 fully saturated rings. The summed E-state index contributed by atoms with van der Waals surface area (Å²) in [7, 11) is 0. The Bertz CT molecular complexity index is 702. The quantitative estimate of drug-likeness (QED) is 0.847. The first kappa shape index (κ1) is 17.7. The van der Waals surface area contributed by atoms with E-state index in [0.29, 0.717) is 23.6 Å². The topological polar surface area (TPSA) is 50.4 Å². The van der Waals surface area contributed by atoms with Crippen LogP contribution in [0.2, 0.25) is 0 Å². The van der Waals surface area contributed by atoms with E-state index in [0.717, 1.165) is 12.1 Å². The standard InChI is InChI=1S/C17H17F3N2O2/c1-2-24-15-8-4-7-14(10-15)22-16(23)21-11-12-5-3-6-13(9-12)17(18,19)20/h3-10H,2,11H2,1H3,(H2,21,22,23). The van der Waals surface area contributed by atoms with E-state index in [4.69, 9.17) is 4.74 Å². The van der Waals surface area contributed by atoms with Gasteiger partial charge < -0.3 is 15.4 Å². The number of halogens is 3. The number of amides is 2. The van der Waals surface area contributed by atoms with Gasteiger partial charge in [-0.3, -0.25) is 0 Å². The second-order valence-corrected chi connectivity index (χ2v) is 4.97. The molecule has 0 heterocycles. The molecular formula is C17H17F3N2O2. The summed E-state index contributed by atoms with van der Waals surface area (Å²) in [5.41, 5.74) is 0.150. The molecule has 0 atom stereocenters. The van der Waals surface area contributed by atoms with Gasteiger partial charge in [0.05, 0.1) is 12.2 Å². The lowest BCUT2D eigenvalue weighted by Crippen LogP contribution is -2.28. The second-order valence-electron chi connectivity index (χ2n) is 4.97. The summed E-state index contributed by atoms with van der Waals surface area (Å²) in [6.07, 6.45) is -4.40. The molecule has 0 saturated carbocycles. The highest BCUT2D eigenvalue weighted by Crippen LogP contribution is 2.29. The number of nitrogens with one attached hydrogen (secondary N) is 2. The normalized spacial score (nSPS) is 11.0. The second kappa shape index (κ2) is 7.72. The molecule has 2 aromatic rings. The van der Waals surface area contributed by atoms with Crippen LogP contribution in [-0.4, -0.2) is 12.6 Å². The lowest BCUT2D eigenvalue weighted by Gasteiger charge is -2.11. The van der Waals surface area contributed by atoms with Crippen LogP contribution in [-0.2, 0) is 12.7 Å². The molecule has 24 heavy (non-hydrogen) atoms. The van der Waals surface area contributed by atoms with Gasteiger partial charge in [0.25, 0.3) is 0 Å². The van der Waals surface area contributed by atoms with Crippen LogP contribution in [0.3, 0.4) is 0 Å². The zero-order chi connectivity index (χ0) is 17.6. The molecular weight excluding hydrogens is 321 g/mol. The van der Waals surface area contributed by atoms with Gasteiger partial charge in [0.2, 0.25) is 0 Å². The van der Waals surface area contributed by atoms with Crippen molar-refractivity contribution in [2.45, 2.75) is 19.6 Å². The van der Waals surface area contributed by atoms with Crippen molar-refractivity contribution in [3.8, 4) is 5.75 Å². The molecule has 2 N–H and O–H groups in total. The maximum atomic E-state index is 12.6. The van der Waals surface area contributed by atoms with Gasteiger partial charge in [0.1, 0.15) is 5.75 Å². The predicted molar refractivity (Wildman–Crippen MR) is 84.9 cm³/mol. The van der Waals surface area contributed by atoms with Gasteiger partial charge >= 0.3 is 12.2 Å². The van der Waals surface area contributed by atoms with Gasteiger partial charge in [0.15, 0.2) is 0 Å². The molecule has 0 aliphatic rings. The van der Waals surface area contributed by atoms with Crippen molar-refractivity contribution in [3.63, 3.8) is 0 Å². The van der Waals surface area contributed by atoms with Gasteiger partial charge in [-0.15, -0.1) is 0 Å². The number of benzene rings is 2. The molecule has 0 spiro atoms. The van der Waals surface area contributed by atoms with Gasteiger partial charge in [0, 0.05) is 18.3 Å². The van der Waals surface area contributed by atoms with E-state index < -0.39 is 17.8 Å². The number of hydrogen-bond donors (Lipinski definition) is 2. The Morgan fingerprint density at radius 1 is 1.12 bits per heavy atom. The molecule has 4 nitrogen and oxygen atoms in total. The lowest BCUT2D eigenvalue weighted by molar-refractivity contribution is -0.137. The Morgan fingerprint density at radius 3 is 2.58 bits per heavy atom. The summed E-state index contributed by atoms with van der Waals surface area (Å²) < 4.78 is 43.3. The maximum absolute atomic E-state index is 12.6. The van der Waals surface area contributed by atoms with Crippen molar-refractivity contribution >= 4 is 11.7 Å². The van der Waals surface area contributed by atoms with E-state index in [1.165, 1.54) is 12.1 Å². The summed E-state index contributed by atoms with van der Waals surface area (Å²) >= 11 is 0. The Hall–Kier alpha value is -2.70. The molecule has 0 unspecified atom stereocenters. The number of urea groups is 1. The van der Waals surface area contributed by atoms with E-state index in [1.807, 2.05) is 6.92 Å². The minimum atomic E-state index is -4.40. The van der Waals surface area contributed by atoms with Gasteiger partial charge in [-0.05, 0) is 36.8 Å². The monoisotopic (exact) mass is 338 g/mol. The zero-order valence-corrected chi connectivity index (χ0v) is 13.0. The minimum absolute atomic E-state index is 0.0130. The number of carbonyl (C=O) groups excluding carboxylic acids is 1. The first-order chi connectivity index (χ1) is 11.4. The smallest absolute Gasteiger partial charge is 0.416 e. The number of ether oxygens (including phenoxy) is 1. The van der Waals surface area contributed by atoms with Crippen molar-refractivity contribution in [1.82, 2.24) is 5.32 Å². The summed E-state index contributed by atoms with van der Waals surface area (Å²) in [4.78, 5) is 11.9. The SMILES string of the molecule is CCOc1cccc(NC(=O)NCc2cccc(C(F)(F)F)c2)c1. The molecule has 0 bridgehead atoms. The fraction of sp³-hybridized carbons (Fsp3) is 0.235. The third kappa shape index (κ3) is 5.19. The first-order valence-corrected chi connectivity index (χ1v) is 7.32. The Morgan fingerprint density at radius 2 is 1.88 bits per heavy atom. The van der Waals surface area contributed by atoms with Gasteiger partial charge in [-0.25, -0.2) is 4.79 Å². The van der Waals surface area contributed by atoms with Crippen LogP contribution < -0.4 is 15.4 Å². The zero-order valence-electron chi connectivity index (χ0n) is 13.0. The molecule has 7 heteroatoms. The summed E-state index contributed by atoms with van der Waals surface area (Å²) in [5, 5.41) is 5.12. The summed E-state index contributed by atoms with van der Waals surface area (Å²) in [5.74, 6) is 0.619. The highest BCUT2D eigenvalue weighted by atomic mass is 19.4. The molecule has 0 saturated heterocycles. The molecule has 2 amide bonds. The van der Waals surface area contributed by atoms with Crippen molar-refractivity contribution < 1.29 is 22.7 Å². The van der Waals surface area contributed by atoms with E-state index in [1.54, 1.807) is 24.3 Å². The predicted octanol–water partition coefficient (Wildman–Crippen LogP) is 4.43. The third-order valence-electron chi connectivity index (χ3n) is 3.11. The first-order valence-electron chi connectivity index (χ1n) is 7.32. The number of alkyl halides is 3. The fourth-order valence-corrected chi connectivity index (χ4v) is 2.05. The maximum Gasteiger partial charge on any atom is 0.416 e. The van der Waals surface area contributed by atoms with Crippen molar-refractivity contribution in [2.75, 3.05) is 11.9 Å². The van der Waals surface area contributed by atoms with Crippen LogP contribution in [0.25, 0.3) is 0 Å². The molecule has 2 rings (SSSR count). The van der Waals surface area contributed by atoms with E-state index in [9.17, 15) is 18.0 Å². The number of hydrogen-bond acceptors (Lipinski definition) is 2. The van der Waals surface area contributed by atoms with Crippen molar-refractivity contribution in [2.24, 2.45) is 0 Å². The van der Waals surface area contributed by atoms with Crippen molar-refractivity contribution in [1.29, 1.82) is 0 Å². The Labute approximate surface area is 137 Å². The minimum Gasteiger partial charge on any atom is -0.494 e. The van der Waals surface area contributed by atoms with Crippen LogP contribution in [0.15, 0.2) is 48.5 Å². The van der Waals surface area contributed by atoms with Crippen LogP contribution in [0.4, 0.5) is 23.7 Å². The highest BCUT2D eigenvalue weighted by Gasteiger charge is 2.30. The van der Waals surface area contributed by atoms with Crippen LogP contribution in [0.5, 0.6) is 5.75 Å². The average Bonchev–Trinajstić information content (AvgIpc) is 2.53. The molecule has 0 radical (unpaired) electrons. The summed E-state index contributed by atoms with van der Waals surface area (Å²) in [6.45, 7) is 2.34. The van der Waals surface area contributed by atoms with E-state index in [2.05, 4.69) is 10.6 Å². The van der Waals surface area contributed by atoms with E-state index >= 15 is 0 Å². The number of carbonyl (C=O) groups is 1. The Balaban J connectivity index is 1.93. The molecule has 0 aromatic heterocycles. The van der Waals surface area contributed by atoms with E-state index in [-0.39, 0.29) is 6.54 Å². The van der Waals surface area contributed by atoms with Crippen LogP contribution >= 0.6 is 0 Å². The van der Waals surface area contributed by atoms with Crippen LogP contribution in [0, 0.1) is 0 Å². The largest absolute Gasteiger partial charge is 0.494 e. The van der Waals surface area contributed by atoms with Crippen LogP contribution in [0.1, 0.15) is 18.1 Å². The van der Waals surface area contributed by atoms with Gasteiger partial charge in [-0.2, -0.15) is 13.2 Å². The fourth-order valence-electron chi connectivity index (χ4n) is 2.05. The Kier molecular flexibility index (Phi) is 5.68.